The lowest BCUT2D eigenvalue weighted by Gasteiger charge is -2.06. The van der Waals surface area contributed by atoms with E-state index in [1.807, 2.05) is 33.8 Å². The normalized spacial score (nSPS) is 13.2. The van der Waals surface area contributed by atoms with Gasteiger partial charge in [0.2, 0.25) is 0 Å². The molecule has 4 heteroatoms. The molecule has 3 rings (SSSR count). The lowest BCUT2D eigenvalue weighted by atomic mass is 10.0. The van der Waals surface area contributed by atoms with Gasteiger partial charge in [-0.05, 0) is 39.3 Å². The van der Waals surface area contributed by atoms with Gasteiger partial charge in [0, 0.05) is 35.1 Å². The molecule has 1 atom stereocenters. The summed E-state index contributed by atoms with van der Waals surface area (Å²) >= 11 is 0. The summed E-state index contributed by atoms with van der Waals surface area (Å²) in [6.07, 6.45) is -0.118. The zero-order valence-corrected chi connectivity index (χ0v) is 12.9. The van der Waals surface area contributed by atoms with Crippen molar-refractivity contribution >= 4 is 21.9 Å². The number of ether oxygens (including phenoxy) is 1. The molecule has 0 spiro atoms. The van der Waals surface area contributed by atoms with Crippen molar-refractivity contribution in [3.05, 3.63) is 45.0 Å². The lowest BCUT2D eigenvalue weighted by molar-refractivity contribution is 0.100. The zero-order valence-electron chi connectivity index (χ0n) is 12.9. The van der Waals surface area contributed by atoms with Crippen LogP contribution in [-0.2, 0) is 4.74 Å². The first-order valence-electron chi connectivity index (χ1n) is 6.94. The van der Waals surface area contributed by atoms with E-state index in [0.29, 0.717) is 5.58 Å². The van der Waals surface area contributed by atoms with Crippen molar-refractivity contribution in [3.8, 4) is 0 Å². The largest absolute Gasteiger partial charge is 0.458 e. The molecule has 2 heterocycles. The van der Waals surface area contributed by atoms with Gasteiger partial charge in [-0.25, -0.2) is 4.79 Å². The first kappa shape index (κ1) is 13.9. The fourth-order valence-corrected chi connectivity index (χ4v) is 2.82. The molecule has 0 radical (unpaired) electrons. The smallest absolute Gasteiger partial charge is 0.336 e. The minimum absolute atomic E-state index is 0.118. The van der Waals surface area contributed by atoms with Gasteiger partial charge in [0.15, 0.2) is 0 Å². The van der Waals surface area contributed by atoms with Crippen LogP contribution in [0.5, 0.6) is 0 Å². The van der Waals surface area contributed by atoms with E-state index >= 15 is 0 Å². The molecule has 4 nitrogen and oxygen atoms in total. The summed E-state index contributed by atoms with van der Waals surface area (Å²) < 4.78 is 16.7. The highest BCUT2D eigenvalue weighted by Crippen LogP contribution is 2.36. The van der Waals surface area contributed by atoms with Crippen LogP contribution in [0, 0.1) is 20.8 Å². The maximum Gasteiger partial charge on any atom is 0.336 e. The van der Waals surface area contributed by atoms with Crippen molar-refractivity contribution in [2.45, 2.75) is 33.8 Å². The van der Waals surface area contributed by atoms with Crippen LogP contribution < -0.4 is 5.63 Å². The third-order valence-corrected chi connectivity index (χ3v) is 4.13. The molecule has 0 saturated carbocycles. The fraction of sp³-hybridized carbons (Fsp3) is 0.353. The predicted octanol–water partition coefficient (Wildman–Crippen LogP) is 4.17. The second kappa shape index (κ2) is 4.74. The van der Waals surface area contributed by atoms with Gasteiger partial charge in [0.25, 0.3) is 0 Å². The Kier molecular flexibility index (Phi) is 3.14. The van der Waals surface area contributed by atoms with E-state index in [-0.39, 0.29) is 11.7 Å². The Hall–Kier alpha value is -2.07. The van der Waals surface area contributed by atoms with E-state index in [0.717, 1.165) is 38.8 Å². The Labute approximate surface area is 122 Å². The summed E-state index contributed by atoms with van der Waals surface area (Å²) in [5, 5.41) is 1.98. The molecule has 0 N–H and O–H groups in total. The highest BCUT2D eigenvalue weighted by Gasteiger charge is 2.20. The van der Waals surface area contributed by atoms with Crippen LogP contribution in [0.4, 0.5) is 0 Å². The Bertz CT molecular complexity index is 899. The van der Waals surface area contributed by atoms with Crippen LogP contribution in [0.25, 0.3) is 21.9 Å². The summed E-state index contributed by atoms with van der Waals surface area (Å²) in [7, 11) is 1.66. The quantitative estimate of drug-likeness (QED) is 0.663. The molecule has 3 aromatic rings. The Balaban J connectivity index is 2.47. The Morgan fingerprint density at radius 2 is 1.67 bits per heavy atom. The Morgan fingerprint density at radius 1 is 1.00 bits per heavy atom. The van der Waals surface area contributed by atoms with Crippen molar-refractivity contribution < 1.29 is 13.6 Å². The van der Waals surface area contributed by atoms with Gasteiger partial charge < -0.3 is 13.6 Å². The van der Waals surface area contributed by atoms with E-state index in [1.54, 1.807) is 7.11 Å². The third kappa shape index (κ3) is 1.98. The summed E-state index contributed by atoms with van der Waals surface area (Å²) in [6.45, 7) is 7.80. The Morgan fingerprint density at radius 3 is 2.33 bits per heavy atom. The highest BCUT2D eigenvalue weighted by molar-refractivity contribution is 5.99. The van der Waals surface area contributed by atoms with Gasteiger partial charge in [-0.1, -0.05) is 0 Å². The second-order valence-electron chi connectivity index (χ2n) is 5.47. The van der Waals surface area contributed by atoms with Gasteiger partial charge >= 0.3 is 5.63 Å². The predicted molar refractivity (Wildman–Crippen MR) is 81.9 cm³/mol. The molecule has 0 amide bonds. The van der Waals surface area contributed by atoms with Crippen molar-refractivity contribution in [2.24, 2.45) is 0 Å². The van der Waals surface area contributed by atoms with Crippen molar-refractivity contribution in [3.63, 3.8) is 0 Å². The summed E-state index contributed by atoms with van der Waals surface area (Å²) in [4.78, 5) is 11.6. The molecule has 2 aromatic heterocycles. The third-order valence-electron chi connectivity index (χ3n) is 4.13. The van der Waals surface area contributed by atoms with Crippen molar-refractivity contribution in [1.82, 2.24) is 0 Å². The SMILES string of the molecule is CO[C@H](C)c1oc2c(C)c3oc(=O)cc(C)c3cc2c1C. The minimum Gasteiger partial charge on any atom is -0.458 e. The monoisotopic (exact) mass is 286 g/mol. The number of fused-ring (bicyclic) bond motifs is 2. The number of benzene rings is 1. The summed E-state index contributed by atoms with van der Waals surface area (Å²) in [6, 6.07) is 3.54. The molecule has 1 aromatic carbocycles. The first-order chi connectivity index (χ1) is 9.93. The van der Waals surface area contributed by atoms with Crippen molar-refractivity contribution in [1.29, 1.82) is 0 Å². The van der Waals surface area contributed by atoms with E-state index in [4.69, 9.17) is 13.6 Å². The highest BCUT2D eigenvalue weighted by atomic mass is 16.5. The second-order valence-corrected chi connectivity index (χ2v) is 5.47. The van der Waals surface area contributed by atoms with Crippen LogP contribution >= 0.6 is 0 Å². The van der Waals surface area contributed by atoms with Crippen LogP contribution in [0.15, 0.2) is 25.8 Å². The molecular weight excluding hydrogens is 268 g/mol. The average molecular weight is 286 g/mol. The number of rotatable bonds is 2. The van der Waals surface area contributed by atoms with Gasteiger partial charge in [0.05, 0.1) is 0 Å². The molecule has 0 unspecified atom stereocenters. The first-order valence-corrected chi connectivity index (χ1v) is 6.94. The topological polar surface area (TPSA) is 52.6 Å². The van der Waals surface area contributed by atoms with Crippen LogP contribution in [0.2, 0.25) is 0 Å². The van der Waals surface area contributed by atoms with E-state index in [2.05, 4.69) is 0 Å². The molecule has 0 fully saturated rings. The molecule has 21 heavy (non-hydrogen) atoms. The number of furan rings is 1. The minimum atomic E-state index is -0.337. The van der Waals surface area contributed by atoms with Gasteiger partial charge in [-0.3, -0.25) is 0 Å². The van der Waals surface area contributed by atoms with E-state index in [1.165, 1.54) is 6.07 Å². The van der Waals surface area contributed by atoms with Crippen LogP contribution in [0.3, 0.4) is 0 Å². The number of methoxy groups -OCH3 is 1. The standard InChI is InChI=1S/C17H18O4/c1-8-6-14(18)20-16-10(3)17-13(7-12(8)16)9(2)15(21-17)11(4)19-5/h6-7,11H,1-5H3/t11-/m1/s1. The summed E-state index contributed by atoms with van der Waals surface area (Å²) in [5.74, 6) is 0.811. The fourth-order valence-electron chi connectivity index (χ4n) is 2.82. The van der Waals surface area contributed by atoms with Crippen LogP contribution in [0.1, 0.15) is 35.5 Å². The van der Waals surface area contributed by atoms with Gasteiger partial charge in [0.1, 0.15) is 23.0 Å². The molecule has 0 aliphatic carbocycles. The van der Waals surface area contributed by atoms with E-state index in [9.17, 15) is 4.79 Å². The number of aryl methyl sites for hydroxylation is 3. The van der Waals surface area contributed by atoms with Gasteiger partial charge in [-0.2, -0.15) is 0 Å². The molecule has 0 bridgehead atoms. The maximum absolute atomic E-state index is 11.6. The van der Waals surface area contributed by atoms with Gasteiger partial charge in [-0.15, -0.1) is 0 Å². The number of hydrogen-bond acceptors (Lipinski definition) is 4. The summed E-state index contributed by atoms with van der Waals surface area (Å²) in [5.41, 5.74) is 3.84. The molecule has 0 aliphatic rings. The molecule has 0 aliphatic heterocycles. The average Bonchev–Trinajstić information content (AvgIpc) is 2.77. The number of hydrogen-bond donors (Lipinski definition) is 0. The maximum atomic E-state index is 11.6. The van der Waals surface area contributed by atoms with Crippen LogP contribution in [-0.4, -0.2) is 7.11 Å². The molecular formula is C17H18O4. The molecule has 110 valence electrons. The molecule has 0 saturated heterocycles. The van der Waals surface area contributed by atoms with E-state index < -0.39 is 0 Å². The lowest BCUT2D eigenvalue weighted by Crippen LogP contribution is -1.99. The van der Waals surface area contributed by atoms with Crippen molar-refractivity contribution in [2.75, 3.05) is 7.11 Å². The zero-order chi connectivity index (χ0) is 15.3.